The van der Waals surface area contributed by atoms with E-state index in [2.05, 4.69) is 0 Å². The molecule has 0 radical (unpaired) electrons. The molecule has 0 amide bonds. The van der Waals surface area contributed by atoms with Crippen LogP contribution in [-0.4, -0.2) is 12.4 Å². The van der Waals surface area contributed by atoms with Crippen LogP contribution in [0.25, 0.3) is 0 Å². The molecule has 0 aromatic heterocycles. The van der Waals surface area contributed by atoms with Gasteiger partial charge in [0.2, 0.25) is 0 Å². The summed E-state index contributed by atoms with van der Waals surface area (Å²) in [5, 5.41) is 0. The molecule has 0 aromatic carbocycles. The topological polar surface area (TPSA) is 26.3 Å². The lowest BCUT2D eigenvalue weighted by Gasteiger charge is -2.24. The highest BCUT2D eigenvalue weighted by Gasteiger charge is 2.30. The molecule has 2 rings (SSSR count). The van der Waals surface area contributed by atoms with Gasteiger partial charge in [-0.15, -0.1) is 0 Å². The zero-order valence-electron chi connectivity index (χ0n) is 10.3. The Morgan fingerprint density at radius 1 is 1.33 bits per heavy atom. The van der Waals surface area contributed by atoms with E-state index in [1.807, 2.05) is 0 Å². The molecule has 0 bridgehead atoms. The second-order valence-corrected chi connectivity index (χ2v) is 4.47. The molecule has 2 aliphatic rings. The highest BCUT2D eigenvalue weighted by Crippen LogP contribution is 2.39. The van der Waals surface area contributed by atoms with Crippen LogP contribution in [0.2, 0.25) is 0 Å². The van der Waals surface area contributed by atoms with Crippen LogP contribution in [0.3, 0.4) is 0 Å². The van der Waals surface area contributed by atoms with Crippen LogP contribution < -0.4 is 0 Å². The van der Waals surface area contributed by atoms with Gasteiger partial charge in [0.1, 0.15) is 11.6 Å². The maximum Gasteiger partial charge on any atom is 0.196 e. The molecule has 4 heteroatoms. The van der Waals surface area contributed by atoms with Crippen LogP contribution in [0.5, 0.6) is 0 Å². The molecule has 0 saturated heterocycles. The van der Waals surface area contributed by atoms with Crippen LogP contribution in [0.15, 0.2) is 35.1 Å². The quantitative estimate of drug-likeness (QED) is 0.717. The number of hydrogen-bond donors (Lipinski definition) is 0. The van der Waals surface area contributed by atoms with Gasteiger partial charge < -0.3 is 4.74 Å². The Bertz CT molecular complexity index is 447. The third-order valence-corrected chi connectivity index (χ3v) is 3.30. The molecule has 1 unspecified atom stereocenters. The summed E-state index contributed by atoms with van der Waals surface area (Å²) in [4.78, 5) is 11.1. The van der Waals surface area contributed by atoms with E-state index in [0.29, 0.717) is 32.3 Å². The van der Waals surface area contributed by atoms with Crippen molar-refractivity contribution < 1.29 is 18.3 Å². The number of carbonyl (C=O) groups excluding carboxylic acids is 1. The molecule has 0 saturated carbocycles. The van der Waals surface area contributed by atoms with Gasteiger partial charge in [-0.2, -0.15) is 4.39 Å². The molecule has 2 nitrogen and oxygen atoms in total. The van der Waals surface area contributed by atoms with Crippen molar-refractivity contribution >= 4 is 5.78 Å². The summed E-state index contributed by atoms with van der Waals surface area (Å²) in [6.07, 6.45) is 5.02. The molecule has 0 fully saturated rings. The first kappa shape index (κ1) is 13.0. The summed E-state index contributed by atoms with van der Waals surface area (Å²) in [5.74, 6) is -2.06. The molecule has 0 spiro atoms. The first-order valence-electron chi connectivity index (χ1n) is 6.22. The van der Waals surface area contributed by atoms with Crippen LogP contribution >= 0.6 is 0 Å². The van der Waals surface area contributed by atoms with Crippen molar-refractivity contribution in [3.8, 4) is 0 Å². The second kappa shape index (κ2) is 5.46. The third-order valence-electron chi connectivity index (χ3n) is 3.30. The van der Waals surface area contributed by atoms with Crippen molar-refractivity contribution in [3.05, 3.63) is 35.1 Å². The van der Waals surface area contributed by atoms with E-state index < -0.39 is 17.6 Å². The Hall–Kier alpha value is -1.45. The summed E-state index contributed by atoms with van der Waals surface area (Å²) in [6, 6.07) is 0. The van der Waals surface area contributed by atoms with Crippen molar-refractivity contribution in [2.45, 2.75) is 32.6 Å². The van der Waals surface area contributed by atoms with E-state index in [1.165, 1.54) is 0 Å². The number of halogens is 2. The summed E-state index contributed by atoms with van der Waals surface area (Å²) >= 11 is 0. The number of hydrogen-bond acceptors (Lipinski definition) is 2. The molecule has 0 heterocycles. The molecule has 0 N–H and O–H groups in total. The minimum atomic E-state index is -0.897. The highest BCUT2D eigenvalue weighted by molar-refractivity contribution is 5.81. The summed E-state index contributed by atoms with van der Waals surface area (Å²) in [7, 11) is 0. The molecule has 0 aliphatic heterocycles. The van der Waals surface area contributed by atoms with Gasteiger partial charge in [-0.05, 0) is 25.8 Å². The van der Waals surface area contributed by atoms with Gasteiger partial charge >= 0.3 is 0 Å². The monoisotopic (exact) mass is 254 g/mol. The van der Waals surface area contributed by atoms with Crippen LogP contribution in [0.4, 0.5) is 8.78 Å². The van der Waals surface area contributed by atoms with E-state index >= 15 is 0 Å². The highest BCUT2D eigenvalue weighted by atomic mass is 19.2. The van der Waals surface area contributed by atoms with E-state index in [4.69, 9.17) is 4.74 Å². The third kappa shape index (κ3) is 2.52. The fourth-order valence-corrected chi connectivity index (χ4v) is 2.33. The van der Waals surface area contributed by atoms with Gasteiger partial charge in [-0.1, -0.05) is 11.6 Å². The van der Waals surface area contributed by atoms with Gasteiger partial charge in [0.25, 0.3) is 0 Å². The van der Waals surface area contributed by atoms with E-state index in [9.17, 15) is 13.6 Å². The second-order valence-electron chi connectivity index (χ2n) is 4.47. The molecule has 18 heavy (non-hydrogen) atoms. The molecule has 98 valence electrons. The Balaban J connectivity index is 2.17. The van der Waals surface area contributed by atoms with Crippen LogP contribution in [-0.2, 0) is 9.53 Å². The molecular formula is C14H16F2O2. The van der Waals surface area contributed by atoms with E-state index in [-0.39, 0.29) is 11.5 Å². The standard InChI is InChI=1S/C14H16F2O2/c1-2-18-12-8-7-11(13(15)14(12)16)9-3-5-10(17)6-4-9/h3,8,11H,2,4-7H2,1H3. The van der Waals surface area contributed by atoms with Crippen molar-refractivity contribution in [1.82, 2.24) is 0 Å². The number of allylic oxidation sites excluding steroid dienone is 5. The number of rotatable bonds is 3. The Kier molecular flexibility index (Phi) is 3.94. The van der Waals surface area contributed by atoms with Gasteiger partial charge in [0, 0.05) is 18.8 Å². The van der Waals surface area contributed by atoms with E-state index in [0.717, 1.165) is 5.57 Å². The molecule has 1 atom stereocenters. The number of carbonyl (C=O) groups is 1. The average Bonchev–Trinajstić information content (AvgIpc) is 2.37. The van der Waals surface area contributed by atoms with Gasteiger partial charge in [-0.25, -0.2) is 4.39 Å². The van der Waals surface area contributed by atoms with Gasteiger partial charge in [0.15, 0.2) is 11.6 Å². The molecule has 2 aliphatic carbocycles. The zero-order chi connectivity index (χ0) is 13.1. The minimum Gasteiger partial charge on any atom is -0.491 e. The molecule has 0 aromatic rings. The van der Waals surface area contributed by atoms with Crippen LogP contribution in [0, 0.1) is 5.92 Å². The maximum absolute atomic E-state index is 14.0. The zero-order valence-corrected chi connectivity index (χ0v) is 10.3. The predicted octanol–water partition coefficient (Wildman–Crippen LogP) is 3.76. The SMILES string of the molecule is CCOC1=CCC(C2=CCC(=O)CC2)C(F)=C1F. The van der Waals surface area contributed by atoms with Gasteiger partial charge in [-0.3, -0.25) is 4.79 Å². The first-order chi connectivity index (χ1) is 8.63. The average molecular weight is 254 g/mol. The number of ether oxygens (including phenoxy) is 1. The Labute approximate surface area is 105 Å². The summed E-state index contributed by atoms with van der Waals surface area (Å²) < 4.78 is 32.7. The summed E-state index contributed by atoms with van der Waals surface area (Å²) in [6.45, 7) is 2.04. The first-order valence-corrected chi connectivity index (χ1v) is 6.22. The van der Waals surface area contributed by atoms with Crippen molar-refractivity contribution in [2.75, 3.05) is 6.61 Å². The van der Waals surface area contributed by atoms with Crippen LogP contribution in [0.1, 0.15) is 32.6 Å². The normalized spacial score (nSPS) is 24.8. The Morgan fingerprint density at radius 2 is 2.11 bits per heavy atom. The fraction of sp³-hybridized carbons (Fsp3) is 0.500. The number of Topliss-reactive ketones (excluding diaryl/α,β-unsaturated/α-hetero) is 1. The smallest absolute Gasteiger partial charge is 0.196 e. The fourth-order valence-electron chi connectivity index (χ4n) is 2.33. The van der Waals surface area contributed by atoms with Crippen molar-refractivity contribution in [2.24, 2.45) is 5.92 Å². The predicted molar refractivity (Wildman–Crippen MR) is 64.0 cm³/mol. The summed E-state index contributed by atoms with van der Waals surface area (Å²) in [5.41, 5.74) is 0.828. The maximum atomic E-state index is 14.0. The Morgan fingerprint density at radius 3 is 2.72 bits per heavy atom. The van der Waals surface area contributed by atoms with E-state index in [1.54, 1.807) is 19.1 Å². The number of ketones is 1. The van der Waals surface area contributed by atoms with Crippen molar-refractivity contribution in [3.63, 3.8) is 0 Å². The lowest BCUT2D eigenvalue weighted by molar-refractivity contribution is -0.118. The largest absolute Gasteiger partial charge is 0.491 e. The lowest BCUT2D eigenvalue weighted by Crippen LogP contribution is -2.15. The molecular weight excluding hydrogens is 238 g/mol. The minimum absolute atomic E-state index is 0.00117. The van der Waals surface area contributed by atoms with Crippen molar-refractivity contribution in [1.29, 1.82) is 0 Å². The lowest BCUT2D eigenvalue weighted by atomic mass is 9.84. The van der Waals surface area contributed by atoms with Gasteiger partial charge in [0.05, 0.1) is 6.61 Å².